The van der Waals surface area contributed by atoms with Crippen molar-refractivity contribution in [3.05, 3.63) is 0 Å². The van der Waals surface area contributed by atoms with Crippen molar-refractivity contribution in [3.8, 4) is 0 Å². The molecule has 3 atom stereocenters. The van der Waals surface area contributed by atoms with E-state index >= 15 is 0 Å². The second-order valence-corrected chi connectivity index (χ2v) is 5.35. The maximum absolute atomic E-state index is 12.3. The fourth-order valence-electron chi connectivity index (χ4n) is 2.11. The summed E-state index contributed by atoms with van der Waals surface area (Å²) in [4.78, 5) is 24.8. The van der Waals surface area contributed by atoms with Crippen LogP contribution in [0.4, 0.5) is 4.79 Å². The van der Waals surface area contributed by atoms with Gasteiger partial charge in [0.15, 0.2) is 0 Å². The van der Waals surface area contributed by atoms with E-state index in [0.29, 0.717) is 13.1 Å². The first-order valence-electron chi connectivity index (χ1n) is 6.35. The lowest BCUT2D eigenvalue weighted by Gasteiger charge is -2.37. The molecule has 1 fully saturated rings. The number of likely N-dealkylation sites (tertiary alicyclic amines) is 1. The summed E-state index contributed by atoms with van der Waals surface area (Å²) in [6.07, 6.45) is 0.276. The molecule has 0 radical (unpaired) electrons. The predicted octanol–water partition coefficient (Wildman–Crippen LogP) is -0.0914. The van der Waals surface area contributed by atoms with Crippen LogP contribution in [0.2, 0.25) is 0 Å². The number of urea groups is 1. The Kier molecular flexibility index (Phi) is 4.95. The maximum Gasteiger partial charge on any atom is 0.312 e. The number of nitrogens with zero attached hydrogens (tertiary/aromatic N) is 1. The first-order chi connectivity index (χ1) is 8.32. The number of amides is 3. The highest BCUT2D eigenvalue weighted by Gasteiger charge is 2.33. The number of piperidine rings is 1. The Balaban J connectivity index is 2.68. The summed E-state index contributed by atoms with van der Waals surface area (Å²) in [7, 11) is 0. The number of nitrogens with two attached hydrogens (primary N) is 1. The Hall–Kier alpha value is -1.30. The van der Waals surface area contributed by atoms with E-state index in [1.165, 1.54) is 0 Å². The van der Waals surface area contributed by atoms with Crippen LogP contribution in [0.25, 0.3) is 0 Å². The molecule has 104 valence electrons. The van der Waals surface area contributed by atoms with Gasteiger partial charge < -0.3 is 21.1 Å². The van der Waals surface area contributed by atoms with Crippen LogP contribution in [0.3, 0.4) is 0 Å². The molecule has 1 aliphatic heterocycles. The zero-order valence-electron chi connectivity index (χ0n) is 11.2. The third-order valence-corrected chi connectivity index (χ3v) is 3.46. The van der Waals surface area contributed by atoms with Crippen LogP contribution in [0.1, 0.15) is 27.2 Å². The van der Waals surface area contributed by atoms with E-state index in [1.54, 1.807) is 4.90 Å². The molecule has 3 amide bonds. The number of primary amides is 1. The van der Waals surface area contributed by atoms with Crippen molar-refractivity contribution in [1.82, 2.24) is 10.2 Å². The summed E-state index contributed by atoms with van der Waals surface area (Å²) >= 11 is 0. The second kappa shape index (κ2) is 6.04. The van der Waals surface area contributed by atoms with Gasteiger partial charge >= 0.3 is 6.03 Å². The van der Waals surface area contributed by atoms with Gasteiger partial charge in [0.1, 0.15) is 6.04 Å². The van der Waals surface area contributed by atoms with Gasteiger partial charge in [0, 0.05) is 13.1 Å². The van der Waals surface area contributed by atoms with Gasteiger partial charge in [0.05, 0.1) is 6.10 Å². The van der Waals surface area contributed by atoms with Gasteiger partial charge in [-0.15, -0.1) is 0 Å². The quantitative estimate of drug-likeness (QED) is 0.659. The van der Waals surface area contributed by atoms with Crippen molar-refractivity contribution in [2.75, 3.05) is 13.1 Å². The van der Waals surface area contributed by atoms with Crippen molar-refractivity contribution >= 4 is 11.9 Å². The molecule has 0 aromatic heterocycles. The van der Waals surface area contributed by atoms with Crippen molar-refractivity contribution in [2.45, 2.75) is 39.3 Å². The molecule has 1 aliphatic rings. The van der Waals surface area contributed by atoms with Gasteiger partial charge in [-0.2, -0.15) is 0 Å². The average Bonchev–Trinajstić information content (AvgIpc) is 2.28. The minimum atomic E-state index is -0.701. The van der Waals surface area contributed by atoms with E-state index in [0.717, 1.165) is 6.42 Å². The standard InChI is InChI=1S/C12H23N3O3/c1-7(2)10(14-12(13)18)11(17)15-5-4-8(3)9(16)6-15/h7-10,16H,4-6H2,1-3H3,(H3,13,14,18). The number of aliphatic hydroxyl groups is 1. The Morgan fingerprint density at radius 1 is 1.44 bits per heavy atom. The first kappa shape index (κ1) is 14.8. The Morgan fingerprint density at radius 3 is 2.50 bits per heavy atom. The summed E-state index contributed by atoms with van der Waals surface area (Å²) in [5.74, 6) is -0.00751. The maximum atomic E-state index is 12.3. The summed E-state index contributed by atoms with van der Waals surface area (Å²) in [6, 6.07) is -1.32. The SMILES string of the molecule is CC(C)C(NC(N)=O)C(=O)N1CCC(C)C(O)C1. The van der Waals surface area contributed by atoms with Crippen molar-refractivity contribution in [2.24, 2.45) is 17.6 Å². The van der Waals surface area contributed by atoms with Crippen LogP contribution in [0.15, 0.2) is 0 Å². The molecule has 6 nitrogen and oxygen atoms in total. The number of carbonyl (C=O) groups is 2. The summed E-state index contributed by atoms with van der Waals surface area (Å²) in [6.45, 7) is 6.60. The Morgan fingerprint density at radius 2 is 2.06 bits per heavy atom. The highest BCUT2D eigenvalue weighted by molar-refractivity contribution is 5.86. The molecule has 3 unspecified atom stereocenters. The molecular weight excluding hydrogens is 234 g/mol. The van der Waals surface area contributed by atoms with Crippen LogP contribution in [-0.4, -0.2) is 47.2 Å². The van der Waals surface area contributed by atoms with Crippen LogP contribution >= 0.6 is 0 Å². The van der Waals surface area contributed by atoms with Gasteiger partial charge in [-0.25, -0.2) is 4.79 Å². The fourth-order valence-corrected chi connectivity index (χ4v) is 2.11. The number of carbonyl (C=O) groups excluding carboxylic acids is 2. The smallest absolute Gasteiger partial charge is 0.312 e. The van der Waals surface area contributed by atoms with Crippen LogP contribution in [0.5, 0.6) is 0 Å². The van der Waals surface area contributed by atoms with Gasteiger partial charge in [-0.3, -0.25) is 4.79 Å². The Labute approximate surface area is 108 Å². The van der Waals surface area contributed by atoms with E-state index < -0.39 is 18.2 Å². The van der Waals surface area contributed by atoms with Crippen molar-refractivity contribution in [3.63, 3.8) is 0 Å². The number of aliphatic hydroxyl groups excluding tert-OH is 1. The van der Waals surface area contributed by atoms with Gasteiger partial charge in [0.2, 0.25) is 5.91 Å². The topological polar surface area (TPSA) is 95.7 Å². The third kappa shape index (κ3) is 3.60. The highest BCUT2D eigenvalue weighted by Crippen LogP contribution is 2.18. The number of β-amino-alcohol motifs (C(OH)–C–C–N with tert-alkyl or cyclic N) is 1. The largest absolute Gasteiger partial charge is 0.391 e. The monoisotopic (exact) mass is 257 g/mol. The normalized spacial score (nSPS) is 25.9. The minimum absolute atomic E-state index is 0.0403. The molecule has 1 rings (SSSR count). The van der Waals surface area contributed by atoms with Crippen LogP contribution in [0, 0.1) is 11.8 Å². The lowest BCUT2D eigenvalue weighted by Crippen LogP contribution is -2.56. The van der Waals surface area contributed by atoms with E-state index in [1.807, 2.05) is 20.8 Å². The minimum Gasteiger partial charge on any atom is -0.391 e. The number of hydrogen-bond donors (Lipinski definition) is 3. The van der Waals surface area contributed by atoms with Crippen LogP contribution < -0.4 is 11.1 Å². The molecule has 0 spiro atoms. The lowest BCUT2D eigenvalue weighted by molar-refractivity contribution is -0.138. The summed E-state index contributed by atoms with van der Waals surface area (Å²) < 4.78 is 0. The zero-order valence-corrected chi connectivity index (χ0v) is 11.2. The van der Waals surface area contributed by atoms with Crippen molar-refractivity contribution < 1.29 is 14.7 Å². The number of rotatable bonds is 3. The van der Waals surface area contributed by atoms with Gasteiger partial charge in [0.25, 0.3) is 0 Å². The molecule has 0 aromatic carbocycles. The molecule has 1 heterocycles. The fraction of sp³-hybridized carbons (Fsp3) is 0.833. The van der Waals surface area contributed by atoms with Crippen molar-refractivity contribution in [1.29, 1.82) is 0 Å². The van der Waals surface area contributed by atoms with Gasteiger partial charge in [-0.05, 0) is 18.3 Å². The molecular formula is C12H23N3O3. The second-order valence-electron chi connectivity index (χ2n) is 5.35. The predicted molar refractivity (Wildman–Crippen MR) is 67.7 cm³/mol. The molecule has 0 aromatic rings. The lowest BCUT2D eigenvalue weighted by atomic mass is 9.94. The number of hydrogen-bond acceptors (Lipinski definition) is 3. The van der Waals surface area contributed by atoms with Gasteiger partial charge in [-0.1, -0.05) is 20.8 Å². The molecule has 1 saturated heterocycles. The van der Waals surface area contributed by atoms with E-state index in [-0.39, 0.29) is 17.7 Å². The average molecular weight is 257 g/mol. The summed E-state index contributed by atoms with van der Waals surface area (Å²) in [5, 5.41) is 12.3. The number of nitrogens with one attached hydrogen (secondary N) is 1. The van der Waals surface area contributed by atoms with E-state index in [9.17, 15) is 14.7 Å². The molecule has 4 N–H and O–H groups in total. The highest BCUT2D eigenvalue weighted by atomic mass is 16.3. The third-order valence-electron chi connectivity index (χ3n) is 3.46. The molecule has 18 heavy (non-hydrogen) atoms. The molecule has 0 saturated carbocycles. The van der Waals surface area contributed by atoms with E-state index in [4.69, 9.17) is 5.73 Å². The van der Waals surface area contributed by atoms with Crippen LogP contribution in [-0.2, 0) is 4.79 Å². The summed E-state index contributed by atoms with van der Waals surface area (Å²) in [5.41, 5.74) is 5.08. The molecule has 6 heteroatoms. The Bertz CT molecular complexity index is 320. The van der Waals surface area contributed by atoms with E-state index in [2.05, 4.69) is 5.32 Å². The zero-order chi connectivity index (χ0) is 13.9. The molecule has 0 aliphatic carbocycles. The molecule has 0 bridgehead atoms. The first-order valence-corrected chi connectivity index (χ1v) is 6.35.